The van der Waals surface area contributed by atoms with E-state index in [9.17, 15) is 4.79 Å². The third-order valence-electron chi connectivity index (χ3n) is 3.09. The van der Waals surface area contributed by atoms with Crippen molar-refractivity contribution in [3.05, 3.63) is 34.9 Å². The van der Waals surface area contributed by atoms with Gasteiger partial charge in [-0.15, -0.1) is 0 Å². The zero-order valence-corrected chi connectivity index (χ0v) is 10.2. The fraction of sp³-hybridized carbons (Fsp3) is 0.214. The minimum absolute atomic E-state index is 0.126. The summed E-state index contributed by atoms with van der Waals surface area (Å²) in [5.74, 6) is -0.295. The smallest absolute Gasteiger partial charge is 0.260 e. The SMILES string of the molecule is CCc1ccc2c(c1)C(=C(C#N)C#N)C(=O)N2C. The molecule has 1 aliphatic rings. The molecule has 1 aliphatic heterocycles. The summed E-state index contributed by atoms with van der Waals surface area (Å²) in [5.41, 5.74) is 2.59. The van der Waals surface area contributed by atoms with Crippen molar-refractivity contribution < 1.29 is 4.79 Å². The molecule has 0 radical (unpaired) electrons. The quantitative estimate of drug-likeness (QED) is 0.554. The number of fused-ring (bicyclic) bond motifs is 1. The topological polar surface area (TPSA) is 67.9 Å². The van der Waals surface area contributed by atoms with Crippen LogP contribution in [-0.4, -0.2) is 13.0 Å². The van der Waals surface area contributed by atoms with Crippen LogP contribution in [0.15, 0.2) is 23.8 Å². The van der Waals surface area contributed by atoms with Crippen molar-refractivity contribution in [2.24, 2.45) is 0 Å². The summed E-state index contributed by atoms with van der Waals surface area (Å²) >= 11 is 0. The third-order valence-corrected chi connectivity index (χ3v) is 3.09. The molecule has 1 amide bonds. The summed E-state index contributed by atoms with van der Waals surface area (Å²) in [6.45, 7) is 2.01. The average Bonchev–Trinajstić information content (AvgIpc) is 2.65. The van der Waals surface area contributed by atoms with Crippen molar-refractivity contribution in [1.29, 1.82) is 10.5 Å². The van der Waals surface area contributed by atoms with Gasteiger partial charge in [-0.05, 0) is 24.1 Å². The summed E-state index contributed by atoms with van der Waals surface area (Å²) in [7, 11) is 1.64. The molecule has 0 N–H and O–H groups in total. The van der Waals surface area contributed by atoms with E-state index in [-0.39, 0.29) is 17.1 Å². The lowest BCUT2D eigenvalue weighted by Gasteiger charge is -2.09. The van der Waals surface area contributed by atoms with E-state index in [4.69, 9.17) is 10.5 Å². The van der Waals surface area contributed by atoms with Gasteiger partial charge in [0.15, 0.2) is 0 Å². The van der Waals surface area contributed by atoms with Crippen LogP contribution in [0.4, 0.5) is 5.69 Å². The minimum Gasteiger partial charge on any atom is -0.311 e. The highest BCUT2D eigenvalue weighted by Gasteiger charge is 2.32. The maximum atomic E-state index is 12.1. The van der Waals surface area contributed by atoms with E-state index >= 15 is 0 Å². The Morgan fingerprint density at radius 2 is 2.00 bits per heavy atom. The second kappa shape index (κ2) is 4.35. The lowest BCUT2D eigenvalue weighted by molar-refractivity contribution is -0.112. The molecule has 4 heteroatoms. The lowest BCUT2D eigenvalue weighted by Crippen LogP contribution is -2.20. The highest BCUT2D eigenvalue weighted by molar-refractivity contribution is 6.34. The Balaban J connectivity index is 2.76. The molecule has 18 heavy (non-hydrogen) atoms. The van der Waals surface area contributed by atoms with Crippen LogP contribution >= 0.6 is 0 Å². The predicted molar refractivity (Wildman–Crippen MR) is 67.4 cm³/mol. The number of hydrogen-bond donors (Lipinski definition) is 0. The predicted octanol–water partition coefficient (Wildman–Crippen LogP) is 2.03. The Bertz CT molecular complexity index is 628. The fourth-order valence-electron chi connectivity index (χ4n) is 2.07. The number of likely N-dealkylation sites (N-methyl/N-ethyl adjacent to an activating group) is 1. The summed E-state index contributed by atoms with van der Waals surface area (Å²) in [4.78, 5) is 13.6. The lowest BCUT2D eigenvalue weighted by atomic mass is 9.99. The molecule has 0 unspecified atom stereocenters. The van der Waals surface area contributed by atoms with Crippen LogP contribution < -0.4 is 4.90 Å². The van der Waals surface area contributed by atoms with Gasteiger partial charge in [0, 0.05) is 12.6 Å². The van der Waals surface area contributed by atoms with Crippen molar-refractivity contribution in [3.63, 3.8) is 0 Å². The maximum Gasteiger partial charge on any atom is 0.260 e. The zero-order valence-electron chi connectivity index (χ0n) is 10.2. The number of benzene rings is 1. The molecule has 0 saturated carbocycles. The van der Waals surface area contributed by atoms with Crippen molar-refractivity contribution in [3.8, 4) is 12.1 Å². The number of allylic oxidation sites excluding steroid dienone is 1. The van der Waals surface area contributed by atoms with Crippen LogP contribution in [0.5, 0.6) is 0 Å². The zero-order chi connectivity index (χ0) is 13.3. The van der Waals surface area contributed by atoms with Gasteiger partial charge in [-0.1, -0.05) is 13.0 Å². The normalized spacial score (nSPS) is 13.0. The largest absolute Gasteiger partial charge is 0.311 e. The standard InChI is InChI=1S/C14H11N3O/c1-3-9-4-5-12-11(6-9)13(10(7-15)8-16)14(18)17(12)2/h4-6H,3H2,1-2H3. The number of carbonyl (C=O) groups is 1. The molecule has 88 valence electrons. The first-order chi connectivity index (χ1) is 8.63. The first kappa shape index (κ1) is 11.9. The van der Waals surface area contributed by atoms with E-state index in [2.05, 4.69) is 0 Å². The van der Waals surface area contributed by atoms with Gasteiger partial charge in [-0.25, -0.2) is 0 Å². The van der Waals surface area contributed by atoms with Crippen molar-refractivity contribution in [1.82, 2.24) is 0 Å². The molecular weight excluding hydrogens is 226 g/mol. The molecule has 0 aromatic heterocycles. The van der Waals surface area contributed by atoms with Gasteiger partial charge in [-0.3, -0.25) is 4.79 Å². The van der Waals surface area contributed by atoms with Gasteiger partial charge < -0.3 is 4.90 Å². The number of aryl methyl sites for hydroxylation is 1. The molecule has 0 atom stereocenters. The number of anilines is 1. The second-order valence-corrected chi connectivity index (χ2v) is 4.04. The van der Waals surface area contributed by atoms with E-state index < -0.39 is 0 Å². The Kier molecular flexibility index (Phi) is 2.87. The summed E-state index contributed by atoms with van der Waals surface area (Å²) in [6.07, 6.45) is 0.840. The van der Waals surface area contributed by atoms with Gasteiger partial charge in [0.05, 0.1) is 11.3 Å². The Morgan fingerprint density at radius 1 is 1.33 bits per heavy atom. The number of amides is 1. The van der Waals surface area contributed by atoms with Crippen LogP contribution in [0, 0.1) is 22.7 Å². The first-order valence-electron chi connectivity index (χ1n) is 5.59. The molecule has 1 heterocycles. The van der Waals surface area contributed by atoms with E-state index in [1.165, 1.54) is 4.90 Å². The van der Waals surface area contributed by atoms with E-state index in [1.54, 1.807) is 19.2 Å². The fourth-order valence-corrected chi connectivity index (χ4v) is 2.07. The summed E-state index contributed by atoms with van der Waals surface area (Å²) in [5, 5.41) is 17.9. The highest BCUT2D eigenvalue weighted by atomic mass is 16.2. The van der Waals surface area contributed by atoms with Gasteiger partial charge in [0.25, 0.3) is 5.91 Å². The van der Waals surface area contributed by atoms with Gasteiger partial charge >= 0.3 is 0 Å². The molecule has 1 aromatic carbocycles. The maximum absolute atomic E-state index is 12.1. The second-order valence-electron chi connectivity index (χ2n) is 4.04. The summed E-state index contributed by atoms with van der Waals surface area (Å²) in [6, 6.07) is 9.26. The number of carbonyl (C=O) groups excluding carboxylic acids is 1. The third kappa shape index (κ3) is 1.56. The number of nitriles is 2. The first-order valence-corrected chi connectivity index (χ1v) is 5.59. The van der Waals surface area contributed by atoms with E-state index in [1.807, 2.05) is 25.1 Å². The van der Waals surface area contributed by atoms with E-state index in [0.717, 1.165) is 17.7 Å². The molecule has 4 nitrogen and oxygen atoms in total. The number of rotatable bonds is 1. The van der Waals surface area contributed by atoms with Crippen molar-refractivity contribution in [2.45, 2.75) is 13.3 Å². The molecule has 0 saturated heterocycles. The molecule has 2 rings (SSSR count). The Morgan fingerprint density at radius 3 is 2.56 bits per heavy atom. The number of hydrogen-bond acceptors (Lipinski definition) is 3. The molecule has 0 spiro atoms. The minimum atomic E-state index is -0.295. The van der Waals surface area contributed by atoms with Crippen LogP contribution in [0.2, 0.25) is 0 Å². The van der Waals surface area contributed by atoms with Gasteiger partial charge in [-0.2, -0.15) is 10.5 Å². The Hall–Kier alpha value is -2.59. The average molecular weight is 237 g/mol. The van der Waals surface area contributed by atoms with Crippen molar-refractivity contribution in [2.75, 3.05) is 11.9 Å². The molecule has 0 bridgehead atoms. The van der Waals surface area contributed by atoms with Crippen molar-refractivity contribution >= 4 is 17.2 Å². The molecule has 0 fully saturated rings. The van der Waals surface area contributed by atoms with E-state index in [0.29, 0.717) is 5.56 Å². The van der Waals surface area contributed by atoms with Crippen LogP contribution in [-0.2, 0) is 11.2 Å². The Labute approximate surface area is 105 Å². The van der Waals surface area contributed by atoms with Crippen LogP contribution in [0.3, 0.4) is 0 Å². The molecular formula is C14H11N3O. The molecule has 1 aromatic rings. The molecule has 0 aliphatic carbocycles. The summed E-state index contributed by atoms with van der Waals surface area (Å²) < 4.78 is 0. The highest BCUT2D eigenvalue weighted by Crippen LogP contribution is 2.37. The van der Waals surface area contributed by atoms with Gasteiger partial charge in [0.2, 0.25) is 0 Å². The van der Waals surface area contributed by atoms with Crippen LogP contribution in [0.25, 0.3) is 5.57 Å². The van der Waals surface area contributed by atoms with Gasteiger partial charge in [0.1, 0.15) is 17.7 Å². The number of nitrogens with zero attached hydrogens (tertiary/aromatic N) is 3. The monoisotopic (exact) mass is 237 g/mol. The van der Waals surface area contributed by atoms with Crippen LogP contribution in [0.1, 0.15) is 18.1 Å².